The first-order valence-electron chi connectivity index (χ1n) is 4.58. The summed E-state index contributed by atoms with van der Waals surface area (Å²) in [5, 5.41) is 0. The van der Waals surface area contributed by atoms with Crippen molar-refractivity contribution in [2.24, 2.45) is 5.73 Å². The zero-order chi connectivity index (χ0) is 10.8. The standard InChI is InChI=1S/C11H15F2N/c1-8-3-5-9(6-4-8)7-10(14)11(2,12)13/h3-6,10H,7,14H2,1-2H3. The molecule has 0 radical (unpaired) electrons. The maximum Gasteiger partial charge on any atom is 0.260 e. The average Bonchev–Trinajstić information content (AvgIpc) is 2.07. The van der Waals surface area contributed by atoms with Gasteiger partial charge in [-0.25, -0.2) is 8.78 Å². The number of hydrogen-bond acceptors (Lipinski definition) is 1. The minimum Gasteiger partial charge on any atom is -0.322 e. The van der Waals surface area contributed by atoms with Gasteiger partial charge < -0.3 is 5.73 Å². The van der Waals surface area contributed by atoms with Crippen LogP contribution < -0.4 is 5.73 Å². The Morgan fingerprint density at radius 2 is 1.79 bits per heavy atom. The zero-order valence-electron chi connectivity index (χ0n) is 8.43. The fourth-order valence-corrected chi connectivity index (χ4v) is 1.16. The van der Waals surface area contributed by atoms with Crippen LogP contribution in [0.15, 0.2) is 24.3 Å². The van der Waals surface area contributed by atoms with Gasteiger partial charge in [-0.05, 0) is 18.9 Å². The molecule has 1 aromatic carbocycles. The molecule has 1 unspecified atom stereocenters. The zero-order valence-corrected chi connectivity index (χ0v) is 8.43. The van der Waals surface area contributed by atoms with E-state index in [4.69, 9.17) is 5.73 Å². The Morgan fingerprint density at radius 3 is 2.21 bits per heavy atom. The third kappa shape index (κ3) is 3.07. The normalized spacial score (nSPS) is 14.1. The van der Waals surface area contributed by atoms with Gasteiger partial charge in [0.25, 0.3) is 5.92 Å². The van der Waals surface area contributed by atoms with Crippen LogP contribution in [-0.2, 0) is 6.42 Å². The van der Waals surface area contributed by atoms with Crippen LogP contribution in [0.1, 0.15) is 18.1 Å². The first-order chi connectivity index (χ1) is 6.39. The Balaban J connectivity index is 2.65. The number of rotatable bonds is 3. The molecule has 1 aromatic rings. The van der Waals surface area contributed by atoms with Crippen LogP contribution in [0.2, 0.25) is 0 Å². The van der Waals surface area contributed by atoms with Gasteiger partial charge in [-0.2, -0.15) is 0 Å². The van der Waals surface area contributed by atoms with E-state index in [0.29, 0.717) is 0 Å². The highest BCUT2D eigenvalue weighted by atomic mass is 19.3. The van der Waals surface area contributed by atoms with E-state index < -0.39 is 12.0 Å². The van der Waals surface area contributed by atoms with E-state index in [0.717, 1.165) is 18.1 Å². The molecule has 0 spiro atoms. The molecule has 78 valence electrons. The van der Waals surface area contributed by atoms with Crippen molar-refractivity contribution in [1.29, 1.82) is 0 Å². The second kappa shape index (κ2) is 4.05. The average molecular weight is 199 g/mol. The van der Waals surface area contributed by atoms with E-state index in [2.05, 4.69) is 0 Å². The first-order valence-corrected chi connectivity index (χ1v) is 4.58. The molecular weight excluding hydrogens is 184 g/mol. The summed E-state index contributed by atoms with van der Waals surface area (Å²) in [4.78, 5) is 0. The van der Waals surface area contributed by atoms with Crippen LogP contribution in [0.4, 0.5) is 8.78 Å². The van der Waals surface area contributed by atoms with Crippen molar-refractivity contribution in [3.05, 3.63) is 35.4 Å². The smallest absolute Gasteiger partial charge is 0.260 e. The summed E-state index contributed by atoms with van der Waals surface area (Å²) in [7, 11) is 0. The van der Waals surface area contributed by atoms with Crippen LogP contribution in [-0.4, -0.2) is 12.0 Å². The molecule has 0 fully saturated rings. The minimum atomic E-state index is -2.81. The van der Waals surface area contributed by atoms with Crippen molar-refractivity contribution < 1.29 is 8.78 Å². The molecule has 0 bridgehead atoms. The van der Waals surface area contributed by atoms with Crippen LogP contribution in [0.3, 0.4) is 0 Å². The monoisotopic (exact) mass is 199 g/mol. The number of alkyl halides is 2. The SMILES string of the molecule is Cc1ccc(CC(N)C(C)(F)F)cc1. The maximum atomic E-state index is 12.8. The Hall–Kier alpha value is -0.960. The molecule has 0 saturated heterocycles. The Kier molecular flexibility index (Phi) is 3.21. The molecular formula is C11H15F2N. The predicted octanol–water partition coefficient (Wildman–Crippen LogP) is 2.52. The first kappa shape index (κ1) is 11.1. The molecule has 3 heteroatoms. The van der Waals surface area contributed by atoms with Crippen LogP contribution in [0.25, 0.3) is 0 Å². The molecule has 0 aromatic heterocycles. The lowest BCUT2D eigenvalue weighted by Gasteiger charge is -2.19. The number of benzene rings is 1. The molecule has 0 aliphatic rings. The third-order valence-corrected chi connectivity index (χ3v) is 2.23. The summed E-state index contributed by atoms with van der Waals surface area (Å²) in [6.45, 7) is 2.81. The van der Waals surface area contributed by atoms with Crippen molar-refractivity contribution in [3.63, 3.8) is 0 Å². The molecule has 0 heterocycles. The number of hydrogen-bond donors (Lipinski definition) is 1. The Bertz CT molecular complexity index is 287. The van der Waals surface area contributed by atoms with Gasteiger partial charge in [-0.1, -0.05) is 29.8 Å². The van der Waals surface area contributed by atoms with E-state index >= 15 is 0 Å². The highest BCUT2D eigenvalue weighted by Crippen LogP contribution is 2.19. The number of nitrogens with two attached hydrogens (primary N) is 1. The molecule has 0 aliphatic heterocycles. The quantitative estimate of drug-likeness (QED) is 0.795. The summed E-state index contributed by atoms with van der Waals surface area (Å²) in [5.74, 6) is -2.81. The highest BCUT2D eigenvalue weighted by Gasteiger charge is 2.30. The van der Waals surface area contributed by atoms with E-state index in [-0.39, 0.29) is 6.42 Å². The van der Waals surface area contributed by atoms with Gasteiger partial charge in [-0.3, -0.25) is 0 Å². The molecule has 1 nitrogen and oxygen atoms in total. The lowest BCUT2D eigenvalue weighted by atomic mass is 10.0. The lowest BCUT2D eigenvalue weighted by molar-refractivity contribution is -0.00513. The second-order valence-corrected chi connectivity index (χ2v) is 3.75. The van der Waals surface area contributed by atoms with Gasteiger partial charge in [0, 0.05) is 6.92 Å². The van der Waals surface area contributed by atoms with Gasteiger partial charge in [-0.15, -0.1) is 0 Å². The maximum absolute atomic E-state index is 12.8. The van der Waals surface area contributed by atoms with Crippen molar-refractivity contribution in [1.82, 2.24) is 0 Å². The van der Waals surface area contributed by atoms with E-state index in [1.807, 2.05) is 31.2 Å². The second-order valence-electron chi connectivity index (χ2n) is 3.75. The summed E-state index contributed by atoms with van der Waals surface area (Å²) < 4.78 is 25.5. The molecule has 1 atom stereocenters. The van der Waals surface area contributed by atoms with Gasteiger partial charge >= 0.3 is 0 Å². The molecule has 14 heavy (non-hydrogen) atoms. The lowest BCUT2D eigenvalue weighted by Crippen LogP contribution is -2.40. The van der Waals surface area contributed by atoms with Crippen LogP contribution >= 0.6 is 0 Å². The topological polar surface area (TPSA) is 26.0 Å². The highest BCUT2D eigenvalue weighted by molar-refractivity contribution is 5.22. The fraction of sp³-hybridized carbons (Fsp3) is 0.455. The largest absolute Gasteiger partial charge is 0.322 e. The van der Waals surface area contributed by atoms with Crippen molar-refractivity contribution in [2.45, 2.75) is 32.2 Å². The molecule has 0 saturated carbocycles. The minimum absolute atomic E-state index is 0.212. The van der Waals surface area contributed by atoms with E-state index in [1.54, 1.807) is 0 Å². The summed E-state index contributed by atoms with van der Waals surface area (Å²) in [5.41, 5.74) is 7.34. The molecule has 1 rings (SSSR count). The number of aryl methyl sites for hydroxylation is 1. The van der Waals surface area contributed by atoms with E-state index in [9.17, 15) is 8.78 Å². The van der Waals surface area contributed by atoms with Gasteiger partial charge in [0.05, 0.1) is 6.04 Å². The van der Waals surface area contributed by atoms with Crippen molar-refractivity contribution in [3.8, 4) is 0 Å². The summed E-state index contributed by atoms with van der Waals surface area (Å²) >= 11 is 0. The Morgan fingerprint density at radius 1 is 1.29 bits per heavy atom. The predicted molar refractivity (Wildman–Crippen MR) is 53.5 cm³/mol. The van der Waals surface area contributed by atoms with Crippen molar-refractivity contribution in [2.75, 3.05) is 0 Å². The molecule has 0 amide bonds. The third-order valence-electron chi connectivity index (χ3n) is 2.23. The number of halogens is 2. The molecule has 2 N–H and O–H groups in total. The van der Waals surface area contributed by atoms with Gasteiger partial charge in [0.1, 0.15) is 0 Å². The Labute approximate surface area is 82.9 Å². The summed E-state index contributed by atoms with van der Waals surface area (Å²) in [6.07, 6.45) is 0.212. The van der Waals surface area contributed by atoms with Gasteiger partial charge in [0.15, 0.2) is 0 Å². The van der Waals surface area contributed by atoms with Gasteiger partial charge in [0.2, 0.25) is 0 Å². The fourth-order valence-electron chi connectivity index (χ4n) is 1.16. The van der Waals surface area contributed by atoms with E-state index in [1.165, 1.54) is 0 Å². The van der Waals surface area contributed by atoms with Crippen LogP contribution in [0.5, 0.6) is 0 Å². The van der Waals surface area contributed by atoms with Crippen molar-refractivity contribution >= 4 is 0 Å². The molecule has 0 aliphatic carbocycles. The summed E-state index contributed by atoms with van der Waals surface area (Å²) in [6, 6.07) is 6.36. The van der Waals surface area contributed by atoms with Crippen LogP contribution in [0, 0.1) is 6.92 Å².